The molecule has 0 amide bonds. The molecule has 0 saturated carbocycles. The van der Waals surface area contributed by atoms with Crippen molar-refractivity contribution in [2.45, 2.75) is 31.8 Å². The fourth-order valence-corrected chi connectivity index (χ4v) is 4.60. The van der Waals surface area contributed by atoms with E-state index in [1.54, 1.807) is 6.07 Å². The number of halogens is 2. The summed E-state index contributed by atoms with van der Waals surface area (Å²) in [5.41, 5.74) is 4.26. The Kier molecular flexibility index (Phi) is 7.70. The third kappa shape index (κ3) is 5.69. The van der Waals surface area contributed by atoms with Crippen molar-refractivity contribution in [3.63, 3.8) is 0 Å². The molecule has 0 atom stereocenters. The lowest BCUT2D eigenvalue weighted by atomic mass is 10.0. The molecule has 0 bridgehead atoms. The Morgan fingerprint density at radius 2 is 1.71 bits per heavy atom. The van der Waals surface area contributed by atoms with Crippen LogP contribution < -0.4 is 5.32 Å². The highest BCUT2D eigenvalue weighted by molar-refractivity contribution is 5.85. The lowest BCUT2D eigenvalue weighted by Gasteiger charge is -2.32. The molecule has 1 aromatic heterocycles. The van der Waals surface area contributed by atoms with Crippen LogP contribution in [0.1, 0.15) is 24.0 Å². The van der Waals surface area contributed by atoms with Crippen molar-refractivity contribution < 1.29 is 9.50 Å². The maximum absolute atomic E-state index is 13.4. The number of aromatic hydroxyl groups is 1. The molecule has 1 aliphatic heterocycles. The van der Waals surface area contributed by atoms with Gasteiger partial charge in [-0.05, 0) is 66.8 Å². The van der Waals surface area contributed by atoms with Crippen LogP contribution in [-0.2, 0) is 13.0 Å². The summed E-state index contributed by atoms with van der Waals surface area (Å²) >= 11 is 0. The third-order valence-corrected chi connectivity index (χ3v) is 6.46. The first kappa shape index (κ1) is 24.0. The highest BCUT2D eigenvalue weighted by Gasteiger charge is 2.21. The standard InChI is InChI=1S/C27H29FN4O.ClH/c28-22-10-8-21(9-11-22)19-32-26-7-2-1-6-25(26)30-27(32)29-23-13-16-31(17-14-23)15-12-20-4-3-5-24(33)18-20;/h1-11,18,23,33H,12-17,19H2,(H,29,30);1H. The van der Waals surface area contributed by atoms with E-state index in [9.17, 15) is 9.50 Å². The van der Waals surface area contributed by atoms with Crippen molar-refractivity contribution in [1.29, 1.82) is 0 Å². The molecular formula is C27H30ClFN4O. The summed E-state index contributed by atoms with van der Waals surface area (Å²) in [5, 5.41) is 13.3. The number of likely N-dealkylation sites (tertiary alicyclic amines) is 1. The summed E-state index contributed by atoms with van der Waals surface area (Å²) in [6, 6.07) is 22.7. The van der Waals surface area contributed by atoms with Gasteiger partial charge in [0, 0.05) is 25.7 Å². The summed E-state index contributed by atoms with van der Waals surface area (Å²) in [6.45, 7) is 3.72. The number of imidazole rings is 1. The van der Waals surface area contributed by atoms with Crippen LogP contribution in [0.2, 0.25) is 0 Å². The summed E-state index contributed by atoms with van der Waals surface area (Å²) in [5.74, 6) is 0.987. The lowest BCUT2D eigenvalue weighted by Crippen LogP contribution is -2.40. The lowest BCUT2D eigenvalue weighted by molar-refractivity contribution is 0.221. The molecule has 0 radical (unpaired) electrons. The van der Waals surface area contributed by atoms with Crippen LogP contribution in [-0.4, -0.2) is 45.2 Å². The number of hydrogen-bond acceptors (Lipinski definition) is 4. The van der Waals surface area contributed by atoms with Crippen molar-refractivity contribution in [2.24, 2.45) is 0 Å². The summed E-state index contributed by atoms with van der Waals surface area (Å²) in [6.07, 6.45) is 3.06. The summed E-state index contributed by atoms with van der Waals surface area (Å²) < 4.78 is 15.6. The molecule has 1 fully saturated rings. The smallest absolute Gasteiger partial charge is 0.204 e. The Morgan fingerprint density at radius 1 is 0.941 bits per heavy atom. The van der Waals surface area contributed by atoms with Gasteiger partial charge in [0.25, 0.3) is 0 Å². The van der Waals surface area contributed by atoms with Gasteiger partial charge >= 0.3 is 0 Å². The number of hydrogen-bond donors (Lipinski definition) is 2. The van der Waals surface area contributed by atoms with E-state index >= 15 is 0 Å². The second kappa shape index (κ2) is 10.9. The zero-order valence-electron chi connectivity index (χ0n) is 19.0. The van der Waals surface area contributed by atoms with Crippen LogP contribution in [0.25, 0.3) is 11.0 Å². The minimum Gasteiger partial charge on any atom is -0.508 e. The topological polar surface area (TPSA) is 53.3 Å². The molecular weight excluding hydrogens is 451 g/mol. The second-order valence-electron chi connectivity index (χ2n) is 8.82. The molecule has 0 unspecified atom stereocenters. The van der Waals surface area contributed by atoms with Crippen LogP contribution in [0.5, 0.6) is 5.75 Å². The molecule has 7 heteroatoms. The van der Waals surface area contributed by atoms with E-state index in [2.05, 4.69) is 26.9 Å². The van der Waals surface area contributed by atoms with Crippen molar-refractivity contribution in [1.82, 2.24) is 14.5 Å². The Labute approximate surface area is 205 Å². The average Bonchev–Trinajstić information content (AvgIpc) is 3.17. The SMILES string of the molecule is Cl.Oc1cccc(CCN2CCC(Nc3nc4ccccc4n3Cc3ccc(F)cc3)CC2)c1. The number of aromatic nitrogens is 2. The molecule has 1 aliphatic rings. The minimum atomic E-state index is -0.219. The van der Waals surface area contributed by atoms with Crippen molar-refractivity contribution in [2.75, 3.05) is 25.0 Å². The van der Waals surface area contributed by atoms with Gasteiger partial charge < -0.3 is 19.9 Å². The number of anilines is 1. The fraction of sp³-hybridized carbons (Fsp3) is 0.296. The maximum atomic E-state index is 13.4. The minimum absolute atomic E-state index is 0. The fourth-order valence-electron chi connectivity index (χ4n) is 4.60. The Hall–Kier alpha value is -3.09. The second-order valence-corrected chi connectivity index (χ2v) is 8.82. The molecule has 1 saturated heterocycles. The Balaban J connectivity index is 0.00000274. The summed E-state index contributed by atoms with van der Waals surface area (Å²) in [4.78, 5) is 7.35. The molecule has 0 aliphatic carbocycles. The molecule has 3 aromatic carbocycles. The highest BCUT2D eigenvalue weighted by Crippen LogP contribution is 2.24. The zero-order chi connectivity index (χ0) is 22.6. The Morgan fingerprint density at radius 3 is 2.47 bits per heavy atom. The maximum Gasteiger partial charge on any atom is 0.204 e. The van der Waals surface area contributed by atoms with Crippen LogP contribution in [0, 0.1) is 5.82 Å². The van der Waals surface area contributed by atoms with Crippen LogP contribution in [0.3, 0.4) is 0 Å². The quantitative estimate of drug-likeness (QED) is 0.368. The van der Waals surface area contributed by atoms with E-state index < -0.39 is 0 Å². The molecule has 4 aromatic rings. The number of phenolic OH excluding ortho intramolecular Hbond substituents is 1. The first-order valence-electron chi connectivity index (χ1n) is 11.6. The van der Waals surface area contributed by atoms with Gasteiger partial charge in [-0.3, -0.25) is 0 Å². The molecule has 0 spiro atoms. The predicted molar refractivity (Wildman–Crippen MR) is 137 cm³/mol. The predicted octanol–water partition coefficient (Wildman–Crippen LogP) is 5.47. The number of nitrogens with one attached hydrogen (secondary N) is 1. The molecule has 2 N–H and O–H groups in total. The van der Waals surface area contributed by atoms with Gasteiger partial charge in [0.1, 0.15) is 11.6 Å². The van der Waals surface area contributed by atoms with E-state index in [1.165, 1.54) is 17.7 Å². The van der Waals surface area contributed by atoms with Crippen LogP contribution in [0.15, 0.2) is 72.8 Å². The van der Waals surface area contributed by atoms with Crippen molar-refractivity contribution in [3.05, 3.63) is 89.7 Å². The monoisotopic (exact) mass is 480 g/mol. The third-order valence-electron chi connectivity index (χ3n) is 6.46. The molecule has 5 nitrogen and oxygen atoms in total. The molecule has 5 rings (SSSR count). The van der Waals surface area contributed by atoms with Crippen LogP contribution in [0.4, 0.5) is 10.3 Å². The van der Waals surface area contributed by atoms with Crippen molar-refractivity contribution >= 4 is 29.4 Å². The number of phenols is 1. The normalized spacial score (nSPS) is 14.7. The van der Waals surface area contributed by atoms with E-state index in [0.717, 1.165) is 61.4 Å². The van der Waals surface area contributed by atoms with Gasteiger partial charge in [-0.15, -0.1) is 12.4 Å². The molecule has 2 heterocycles. The highest BCUT2D eigenvalue weighted by atomic mass is 35.5. The van der Waals surface area contributed by atoms with Gasteiger partial charge in [0.2, 0.25) is 5.95 Å². The largest absolute Gasteiger partial charge is 0.508 e. The van der Waals surface area contributed by atoms with E-state index in [1.807, 2.05) is 42.5 Å². The van der Waals surface area contributed by atoms with Gasteiger partial charge in [-0.25, -0.2) is 9.37 Å². The first-order chi connectivity index (χ1) is 16.1. The van der Waals surface area contributed by atoms with Crippen molar-refractivity contribution in [3.8, 4) is 5.75 Å². The number of nitrogens with zero attached hydrogens (tertiary/aromatic N) is 3. The van der Waals surface area contributed by atoms with E-state index in [-0.39, 0.29) is 18.2 Å². The van der Waals surface area contributed by atoms with E-state index in [4.69, 9.17) is 4.98 Å². The average molecular weight is 481 g/mol. The van der Waals surface area contributed by atoms with Gasteiger partial charge in [0.05, 0.1) is 17.6 Å². The van der Waals surface area contributed by atoms with Gasteiger partial charge in [-0.2, -0.15) is 0 Å². The number of para-hydroxylation sites is 2. The number of piperidine rings is 1. The van der Waals surface area contributed by atoms with Gasteiger partial charge in [0.15, 0.2) is 0 Å². The van der Waals surface area contributed by atoms with Crippen LogP contribution >= 0.6 is 12.4 Å². The number of fused-ring (bicyclic) bond motifs is 1. The van der Waals surface area contributed by atoms with Gasteiger partial charge in [-0.1, -0.05) is 36.4 Å². The Bertz CT molecular complexity index is 1220. The molecule has 178 valence electrons. The van der Waals surface area contributed by atoms with E-state index in [0.29, 0.717) is 18.3 Å². The number of rotatable bonds is 7. The number of benzene rings is 3. The zero-order valence-corrected chi connectivity index (χ0v) is 19.8. The first-order valence-corrected chi connectivity index (χ1v) is 11.6. The summed E-state index contributed by atoms with van der Waals surface area (Å²) in [7, 11) is 0. The molecule has 34 heavy (non-hydrogen) atoms.